The van der Waals surface area contributed by atoms with E-state index in [0.717, 1.165) is 69.2 Å². The zero-order valence-electron chi connectivity index (χ0n) is 21.4. The first kappa shape index (κ1) is 27.4. The van der Waals surface area contributed by atoms with Gasteiger partial charge in [-0.3, -0.25) is 4.90 Å². The predicted molar refractivity (Wildman–Crippen MR) is 150 cm³/mol. The summed E-state index contributed by atoms with van der Waals surface area (Å²) < 4.78 is 5.54. The van der Waals surface area contributed by atoms with E-state index < -0.39 is 5.60 Å². The topological polar surface area (TPSA) is 36.0 Å². The van der Waals surface area contributed by atoms with E-state index in [1.807, 2.05) is 56.0 Å². The number of ether oxygens (including phenoxy) is 1. The molecule has 0 saturated carbocycles. The van der Waals surface area contributed by atoms with Gasteiger partial charge >= 0.3 is 6.09 Å². The molecule has 5 nitrogen and oxygen atoms in total. The van der Waals surface area contributed by atoms with E-state index >= 15 is 0 Å². The SMILES string of the molecule is CC(C)(C)OC(=O)N1CCC(CCN2CCN(c3ccc(Cl)cc3Cl)C(c3ccc(Cl)cc3)C2)CC1. The number of rotatable bonds is 5. The fraction of sp³-hybridized carbons (Fsp3) is 0.536. The fourth-order valence-corrected chi connectivity index (χ4v) is 5.75. The van der Waals surface area contributed by atoms with Crippen molar-refractivity contribution in [2.75, 3.05) is 44.2 Å². The Kier molecular flexibility index (Phi) is 8.98. The number of hydrogen-bond acceptors (Lipinski definition) is 4. The van der Waals surface area contributed by atoms with Crippen molar-refractivity contribution < 1.29 is 9.53 Å². The lowest BCUT2D eigenvalue weighted by Gasteiger charge is -2.44. The lowest BCUT2D eigenvalue weighted by molar-refractivity contribution is 0.0177. The molecule has 8 heteroatoms. The summed E-state index contributed by atoms with van der Waals surface area (Å²) in [5, 5.41) is 2.05. The van der Waals surface area contributed by atoms with Crippen molar-refractivity contribution in [2.24, 2.45) is 5.92 Å². The molecule has 0 aliphatic carbocycles. The quantitative estimate of drug-likeness (QED) is 0.384. The molecule has 2 aliphatic rings. The lowest BCUT2D eigenvalue weighted by atomic mass is 9.93. The Hall–Kier alpha value is -1.66. The average Bonchev–Trinajstić information content (AvgIpc) is 2.83. The monoisotopic (exact) mass is 551 g/mol. The third-order valence-corrected chi connectivity index (χ3v) is 7.85. The third-order valence-electron chi connectivity index (χ3n) is 7.06. The molecule has 4 rings (SSSR count). The van der Waals surface area contributed by atoms with Crippen LogP contribution in [0.25, 0.3) is 0 Å². The summed E-state index contributed by atoms with van der Waals surface area (Å²) in [5.74, 6) is 0.626. The molecule has 0 radical (unpaired) electrons. The minimum absolute atomic E-state index is 0.170. The van der Waals surface area contributed by atoms with Gasteiger partial charge in [-0.2, -0.15) is 0 Å². The number of carbonyl (C=O) groups excluding carboxylic acids is 1. The normalized spacial score (nSPS) is 20.0. The molecule has 0 aromatic heterocycles. The highest BCUT2D eigenvalue weighted by molar-refractivity contribution is 6.36. The first-order valence-corrected chi connectivity index (χ1v) is 13.9. The van der Waals surface area contributed by atoms with Gasteiger partial charge in [0.1, 0.15) is 5.60 Å². The highest BCUT2D eigenvalue weighted by atomic mass is 35.5. The number of likely N-dealkylation sites (tertiary alicyclic amines) is 1. The van der Waals surface area contributed by atoms with Crippen molar-refractivity contribution in [3.8, 4) is 0 Å². The molecule has 0 N–H and O–H groups in total. The van der Waals surface area contributed by atoms with Gasteiger partial charge in [0, 0.05) is 42.8 Å². The number of hydrogen-bond donors (Lipinski definition) is 0. The second-order valence-electron chi connectivity index (χ2n) is 10.9. The molecule has 0 spiro atoms. The largest absolute Gasteiger partial charge is 0.444 e. The molecule has 1 amide bonds. The van der Waals surface area contributed by atoms with Crippen molar-refractivity contribution in [1.29, 1.82) is 0 Å². The maximum atomic E-state index is 12.4. The molecule has 2 aromatic carbocycles. The Labute approximate surface area is 230 Å². The van der Waals surface area contributed by atoms with Crippen LogP contribution in [0.2, 0.25) is 15.1 Å². The molecule has 196 valence electrons. The summed E-state index contributed by atoms with van der Waals surface area (Å²) in [6, 6.07) is 14.0. The van der Waals surface area contributed by atoms with Crippen LogP contribution in [0.15, 0.2) is 42.5 Å². The van der Waals surface area contributed by atoms with Crippen LogP contribution in [0.1, 0.15) is 51.6 Å². The van der Waals surface area contributed by atoms with Crippen LogP contribution in [-0.2, 0) is 4.74 Å². The number of piperazine rings is 1. The third kappa shape index (κ3) is 7.22. The molecular formula is C28H36Cl3N3O2. The number of halogens is 3. The van der Waals surface area contributed by atoms with Crippen molar-refractivity contribution in [3.63, 3.8) is 0 Å². The Morgan fingerprint density at radius 3 is 2.25 bits per heavy atom. The minimum atomic E-state index is -0.451. The second-order valence-corrected chi connectivity index (χ2v) is 12.1. The van der Waals surface area contributed by atoms with Crippen LogP contribution in [0.4, 0.5) is 10.5 Å². The van der Waals surface area contributed by atoms with E-state index in [-0.39, 0.29) is 12.1 Å². The highest BCUT2D eigenvalue weighted by Gasteiger charge is 2.31. The summed E-state index contributed by atoms with van der Waals surface area (Å²) in [6.45, 7) is 11.1. The van der Waals surface area contributed by atoms with Gasteiger partial charge in [-0.25, -0.2) is 4.79 Å². The zero-order valence-corrected chi connectivity index (χ0v) is 23.6. The maximum absolute atomic E-state index is 12.4. The smallest absolute Gasteiger partial charge is 0.410 e. The summed E-state index contributed by atoms with van der Waals surface area (Å²) >= 11 is 19.0. The Bertz CT molecular complexity index is 1030. The Morgan fingerprint density at radius 2 is 1.61 bits per heavy atom. The Balaban J connectivity index is 1.36. The van der Waals surface area contributed by atoms with E-state index in [0.29, 0.717) is 16.0 Å². The Morgan fingerprint density at radius 1 is 0.944 bits per heavy atom. The number of piperidine rings is 1. The molecule has 0 bridgehead atoms. The minimum Gasteiger partial charge on any atom is -0.444 e. The van der Waals surface area contributed by atoms with Gasteiger partial charge < -0.3 is 14.5 Å². The van der Waals surface area contributed by atoms with Crippen LogP contribution in [-0.4, -0.2) is 60.8 Å². The van der Waals surface area contributed by atoms with E-state index in [4.69, 9.17) is 39.5 Å². The van der Waals surface area contributed by atoms with Crippen LogP contribution in [0.3, 0.4) is 0 Å². The summed E-state index contributed by atoms with van der Waals surface area (Å²) in [7, 11) is 0. The van der Waals surface area contributed by atoms with Gasteiger partial charge in [0.15, 0.2) is 0 Å². The molecule has 2 aromatic rings. The maximum Gasteiger partial charge on any atom is 0.410 e. The molecule has 2 aliphatic heterocycles. The number of nitrogens with zero attached hydrogens (tertiary/aromatic N) is 3. The number of amides is 1. The summed E-state index contributed by atoms with van der Waals surface area (Å²) in [6.07, 6.45) is 3.00. The van der Waals surface area contributed by atoms with E-state index in [1.54, 1.807) is 0 Å². The van der Waals surface area contributed by atoms with Gasteiger partial charge in [0.25, 0.3) is 0 Å². The number of carbonyl (C=O) groups is 1. The van der Waals surface area contributed by atoms with Crippen molar-refractivity contribution >= 4 is 46.6 Å². The second kappa shape index (κ2) is 11.8. The van der Waals surface area contributed by atoms with Gasteiger partial charge in [0.05, 0.1) is 16.8 Å². The van der Waals surface area contributed by atoms with Crippen molar-refractivity contribution in [3.05, 3.63) is 63.1 Å². The van der Waals surface area contributed by atoms with E-state index in [2.05, 4.69) is 21.9 Å². The highest BCUT2D eigenvalue weighted by Crippen LogP contribution is 2.37. The average molecular weight is 553 g/mol. The van der Waals surface area contributed by atoms with Crippen molar-refractivity contribution in [2.45, 2.75) is 51.7 Å². The van der Waals surface area contributed by atoms with E-state index in [9.17, 15) is 4.79 Å². The lowest BCUT2D eigenvalue weighted by Crippen LogP contribution is -2.49. The molecule has 2 heterocycles. The molecule has 1 atom stereocenters. The summed E-state index contributed by atoms with van der Waals surface area (Å²) in [5.41, 5.74) is 1.78. The first-order chi connectivity index (χ1) is 17.1. The van der Waals surface area contributed by atoms with Crippen LogP contribution in [0, 0.1) is 5.92 Å². The first-order valence-electron chi connectivity index (χ1n) is 12.8. The molecule has 1 unspecified atom stereocenters. The molecule has 2 fully saturated rings. The standard InChI is InChI=1S/C28H36Cl3N3O2/c1-28(2,3)36-27(35)33-14-11-20(12-15-33)10-13-32-16-17-34(25-9-8-23(30)18-24(25)31)26(19-32)21-4-6-22(29)7-5-21/h4-9,18,20,26H,10-17,19H2,1-3H3. The van der Waals surface area contributed by atoms with Crippen molar-refractivity contribution in [1.82, 2.24) is 9.80 Å². The summed E-state index contributed by atoms with van der Waals surface area (Å²) in [4.78, 5) is 19.2. The van der Waals surface area contributed by atoms with Crippen LogP contribution < -0.4 is 4.90 Å². The van der Waals surface area contributed by atoms with E-state index in [1.165, 1.54) is 5.56 Å². The van der Waals surface area contributed by atoms with Gasteiger partial charge in [-0.15, -0.1) is 0 Å². The van der Waals surface area contributed by atoms with Crippen LogP contribution in [0.5, 0.6) is 0 Å². The molecular weight excluding hydrogens is 517 g/mol. The molecule has 2 saturated heterocycles. The fourth-order valence-electron chi connectivity index (χ4n) is 5.11. The number of benzene rings is 2. The van der Waals surface area contributed by atoms with Crippen LogP contribution >= 0.6 is 34.8 Å². The molecule has 36 heavy (non-hydrogen) atoms. The van der Waals surface area contributed by atoms with Gasteiger partial charge in [0.2, 0.25) is 0 Å². The zero-order chi connectivity index (χ0) is 25.9. The number of anilines is 1. The predicted octanol–water partition coefficient (Wildman–Crippen LogP) is 7.55. The van der Waals surface area contributed by atoms with Gasteiger partial charge in [-0.05, 0) is 88.4 Å². The van der Waals surface area contributed by atoms with Gasteiger partial charge in [-0.1, -0.05) is 46.9 Å².